The van der Waals surface area contributed by atoms with E-state index in [-0.39, 0.29) is 17.9 Å². The number of hydrogen-bond acceptors (Lipinski definition) is 4. The van der Waals surface area contributed by atoms with Gasteiger partial charge in [0, 0.05) is 32.7 Å². The number of ether oxygens (including phenoxy) is 1. The number of nitrogens with zero attached hydrogens (tertiary/aromatic N) is 2. The number of hydrogen-bond donors (Lipinski definition) is 1. The van der Waals surface area contributed by atoms with Gasteiger partial charge in [0.1, 0.15) is 5.75 Å². The average Bonchev–Trinajstić information content (AvgIpc) is 3.45. The third-order valence-corrected chi connectivity index (χ3v) is 6.71. The van der Waals surface area contributed by atoms with Gasteiger partial charge in [0.05, 0.1) is 18.7 Å². The van der Waals surface area contributed by atoms with Gasteiger partial charge in [-0.1, -0.05) is 25.0 Å². The second-order valence-electron chi connectivity index (χ2n) is 8.71. The van der Waals surface area contributed by atoms with Gasteiger partial charge >= 0.3 is 0 Å². The fourth-order valence-corrected chi connectivity index (χ4v) is 4.82. The highest BCUT2D eigenvalue weighted by atomic mass is 16.5. The minimum atomic E-state index is -0.0419. The Bertz CT molecular complexity index is 720. The van der Waals surface area contributed by atoms with Gasteiger partial charge in [-0.15, -0.1) is 0 Å². The lowest BCUT2D eigenvalue weighted by molar-refractivity contribution is -0.129. The summed E-state index contributed by atoms with van der Waals surface area (Å²) in [6, 6.07) is 7.34. The van der Waals surface area contributed by atoms with Gasteiger partial charge in [-0.05, 0) is 49.7 Å². The minimum absolute atomic E-state index is 0.0118. The molecule has 0 aromatic heterocycles. The minimum Gasteiger partial charge on any atom is -0.496 e. The van der Waals surface area contributed by atoms with Crippen molar-refractivity contribution in [2.45, 2.75) is 44.6 Å². The molecular formula is C23H33N3O3. The standard InChI is InChI=1S/C23H33N3O3/c1-29-20-9-5-4-8-19(20)23(28)26-14-12-25(13-15-26)21(18-6-2-3-7-18)22(27)24-16-17-10-11-17/h4-5,8-9,17-18,21H,2-3,6-7,10-16H2,1H3,(H,24,27)/t21-/m0/s1. The molecule has 1 heterocycles. The molecule has 1 N–H and O–H groups in total. The highest BCUT2D eigenvalue weighted by Crippen LogP contribution is 2.32. The van der Waals surface area contributed by atoms with Crippen LogP contribution in [-0.2, 0) is 4.79 Å². The first kappa shape index (κ1) is 20.2. The maximum atomic E-state index is 13.0. The molecule has 158 valence electrons. The third kappa shape index (κ3) is 4.74. The number of carbonyl (C=O) groups excluding carboxylic acids is 2. The highest BCUT2D eigenvalue weighted by Gasteiger charge is 2.38. The van der Waals surface area contributed by atoms with Crippen molar-refractivity contribution < 1.29 is 14.3 Å². The van der Waals surface area contributed by atoms with Crippen molar-refractivity contribution in [3.05, 3.63) is 29.8 Å². The van der Waals surface area contributed by atoms with Crippen LogP contribution in [-0.4, -0.2) is 67.5 Å². The van der Waals surface area contributed by atoms with E-state index < -0.39 is 0 Å². The monoisotopic (exact) mass is 399 g/mol. The molecule has 1 atom stereocenters. The molecule has 1 saturated heterocycles. The largest absolute Gasteiger partial charge is 0.496 e. The second-order valence-corrected chi connectivity index (χ2v) is 8.71. The van der Waals surface area contributed by atoms with Crippen LogP contribution in [0.1, 0.15) is 48.9 Å². The number of carbonyl (C=O) groups is 2. The Morgan fingerprint density at radius 3 is 2.41 bits per heavy atom. The van der Waals surface area contributed by atoms with Crippen molar-refractivity contribution >= 4 is 11.8 Å². The zero-order chi connectivity index (χ0) is 20.2. The molecule has 3 fully saturated rings. The normalized spacial score (nSPS) is 21.8. The van der Waals surface area contributed by atoms with E-state index in [9.17, 15) is 9.59 Å². The molecule has 2 saturated carbocycles. The molecule has 4 rings (SSSR count). The van der Waals surface area contributed by atoms with E-state index >= 15 is 0 Å². The first-order valence-electron chi connectivity index (χ1n) is 11.1. The van der Waals surface area contributed by atoms with E-state index in [0.717, 1.165) is 32.5 Å². The summed E-state index contributed by atoms with van der Waals surface area (Å²) in [5.41, 5.74) is 0.609. The van der Waals surface area contributed by atoms with Gasteiger partial charge in [-0.3, -0.25) is 14.5 Å². The molecule has 1 aromatic carbocycles. The number of piperazine rings is 1. The summed E-state index contributed by atoms with van der Waals surface area (Å²) in [4.78, 5) is 30.2. The molecule has 0 radical (unpaired) electrons. The topological polar surface area (TPSA) is 61.9 Å². The number of amides is 2. The predicted octanol–water partition coefficient (Wildman–Crippen LogP) is 2.54. The number of nitrogens with one attached hydrogen (secondary N) is 1. The van der Waals surface area contributed by atoms with Crippen LogP contribution in [0.5, 0.6) is 5.75 Å². The molecule has 1 aliphatic heterocycles. The van der Waals surface area contributed by atoms with Gasteiger partial charge in [0.2, 0.25) is 5.91 Å². The van der Waals surface area contributed by atoms with E-state index in [0.29, 0.717) is 36.2 Å². The van der Waals surface area contributed by atoms with E-state index in [1.54, 1.807) is 7.11 Å². The predicted molar refractivity (Wildman–Crippen MR) is 112 cm³/mol. The Hall–Kier alpha value is -2.08. The molecule has 1 aromatic rings. The molecule has 0 spiro atoms. The smallest absolute Gasteiger partial charge is 0.257 e. The number of para-hydroxylation sites is 1. The van der Waals surface area contributed by atoms with Crippen molar-refractivity contribution in [3.63, 3.8) is 0 Å². The fraction of sp³-hybridized carbons (Fsp3) is 0.652. The van der Waals surface area contributed by atoms with E-state index in [1.807, 2.05) is 29.2 Å². The van der Waals surface area contributed by atoms with Crippen molar-refractivity contribution in [2.24, 2.45) is 11.8 Å². The average molecular weight is 400 g/mol. The maximum absolute atomic E-state index is 13.0. The van der Waals surface area contributed by atoms with Crippen LogP contribution >= 0.6 is 0 Å². The van der Waals surface area contributed by atoms with Crippen LogP contribution in [0.3, 0.4) is 0 Å². The lowest BCUT2D eigenvalue weighted by Gasteiger charge is -2.40. The van der Waals surface area contributed by atoms with Gasteiger partial charge in [-0.25, -0.2) is 0 Å². The quantitative estimate of drug-likeness (QED) is 0.765. The van der Waals surface area contributed by atoms with Gasteiger partial charge < -0.3 is 15.0 Å². The summed E-state index contributed by atoms with van der Waals surface area (Å²) >= 11 is 0. The van der Waals surface area contributed by atoms with Crippen LogP contribution in [0.25, 0.3) is 0 Å². The molecule has 6 heteroatoms. The SMILES string of the molecule is COc1ccccc1C(=O)N1CCN([C@H](C(=O)NCC2CC2)C2CCCC2)CC1. The van der Waals surface area contributed by atoms with Gasteiger partial charge in [-0.2, -0.15) is 0 Å². The fourth-order valence-electron chi connectivity index (χ4n) is 4.82. The molecule has 29 heavy (non-hydrogen) atoms. The van der Waals surface area contributed by atoms with Crippen molar-refractivity contribution in [3.8, 4) is 5.75 Å². The Labute approximate surface area is 173 Å². The molecule has 6 nitrogen and oxygen atoms in total. The van der Waals surface area contributed by atoms with Crippen molar-refractivity contribution in [2.75, 3.05) is 39.8 Å². The lowest BCUT2D eigenvalue weighted by atomic mass is 9.95. The van der Waals surface area contributed by atoms with E-state index in [2.05, 4.69) is 10.2 Å². The third-order valence-electron chi connectivity index (χ3n) is 6.71. The van der Waals surface area contributed by atoms with E-state index in [4.69, 9.17) is 4.74 Å². The molecular weight excluding hydrogens is 366 g/mol. The van der Waals surface area contributed by atoms with Crippen LogP contribution in [0.15, 0.2) is 24.3 Å². The zero-order valence-electron chi connectivity index (χ0n) is 17.4. The number of rotatable bonds is 7. The summed E-state index contributed by atoms with van der Waals surface area (Å²) in [6.07, 6.45) is 7.23. The first-order chi connectivity index (χ1) is 14.2. The van der Waals surface area contributed by atoms with Gasteiger partial charge in [0.25, 0.3) is 5.91 Å². The molecule has 0 bridgehead atoms. The number of methoxy groups -OCH3 is 1. The summed E-state index contributed by atoms with van der Waals surface area (Å²) in [5.74, 6) is 1.97. The summed E-state index contributed by atoms with van der Waals surface area (Å²) in [5, 5.41) is 3.22. The number of benzene rings is 1. The van der Waals surface area contributed by atoms with Gasteiger partial charge in [0.15, 0.2) is 0 Å². The summed E-state index contributed by atoms with van der Waals surface area (Å²) < 4.78 is 5.36. The summed E-state index contributed by atoms with van der Waals surface area (Å²) in [7, 11) is 1.59. The maximum Gasteiger partial charge on any atom is 0.257 e. The Morgan fingerprint density at radius 1 is 1.07 bits per heavy atom. The van der Waals surface area contributed by atoms with Crippen molar-refractivity contribution in [1.82, 2.24) is 15.1 Å². The van der Waals surface area contributed by atoms with Crippen LogP contribution in [0.4, 0.5) is 0 Å². The Balaban J connectivity index is 1.39. The zero-order valence-corrected chi connectivity index (χ0v) is 17.4. The highest BCUT2D eigenvalue weighted by molar-refractivity contribution is 5.97. The molecule has 3 aliphatic rings. The Kier molecular flexibility index (Phi) is 6.38. The Morgan fingerprint density at radius 2 is 1.76 bits per heavy atom. The van der Waals surface area contributed by atoms with Crippen molar-refractivity contribution in [1.29, 1.82) is 0 Å². The molecule has 2 aliphatic carbocycles. The van der Waals surface area contributed by atoms with Crippen LogP contribution < -0.4 is 10.1 Å². The first-order valence-corrected chi connectivity index (χ1v) is 11.1. The molecule has 0 unspecified atom stereocenters. The summed E-state index contributed by atoms with van der Waals surface area (Å²) in [6.45, 7) is 3.62. The second kappa shape index (κ2) is 9.16. The van der Waals surface area contributed by atoms with E-state index in [1.165, 1.54) is 25.7 Å². The molecule has 2 amide bonds. The van der Waals surface area contributed by atoms with Crippen LogP contribution in [0, 0.1) is 11.8 Å². The lowest BCUT2D eigenvalue weighted by Crippen LogP contribution is -2.58. The van der Waals surface area contributed by atoms with Crippen LogP contribution in [0.2, 0.25) is 0 Å².